The van der Waals surface area contributed by atoms with Crippen molar-refractivity contribution < 1.29 is 9.59 Å². The minimum Gasteiger partial charge on any atom is -0.351 e. The van der Waals surface area contributed by atoms with Crippen LogP contribution in [-0.2, 0) is 11.3 Å². The first-order valence-electron chi connectivity index (χ1n) is 11.2. The number of hydrogen-bond acceptors (Lipinski definition) is 5. The summed E-state index contributed by atoms with van der Waals surface area (Å²) in [5.41, 5.74) is 1.71. The summed E-state index contributed by atoms with van der Waals surface area (Å²) in [5.74, 6) is 0.00402. The quantitative estimate of drug-likeness (QED) is 0.583. The monoisotopic (exact) mass is 460 g/mol. The Morgan fingerprint density at radius 3 is 2.42 bits per heavy atom. The number of nitrogens with zero attached hydrogens (tertiary/aromatic N) is 3. The fraction of sp³-hybridized carbons (Fsp3) is 0.269. The molecule has 1 N–H and O–H groups in total. The number of nitrogens with one attached hydrogen (secondary N) is 1. The zero-order chi connectivity index (χ0) is 22.9. The van der Waals surface area contributed by atoms with Gasteiger partial charge in [0, 0.05) is 43.8 Å². The highest BCUT2D eigenvalue weighted by Crippen LogP contribution is 2.29. The van der Waals surface area contributed by atoms with E-state index >= 15 is 0 Å². The fourth-order valence-corrected chi connectivity index (χ4v) is 4.69. The molecule has 0 bridgehead atoms. The van der Waals surface area contributed by atoms with E-state index in [0.29, 0.717) is 38.3 Å². The molecule has 0 atom stereocenters. The maximum absolute atomic E-state index is 13.3. The fourth-order valence-electron chi connectivity index (χ4n) is 3.79. The van der Waals surface area contributed by atoms with Crippen molar-refractivity contribution in [2.45, 2.75) is 22.9 Å². The smallest absolute Gasteiger partial charge is 0.256 e. The van der Waals surface area contributed by atoms with Gasteiger partial charge in [-0.3, -0.25) is 14.5 Å². The van der Waals surface area contributed by atoms with Crippen LogP contribution in [0, 0.1) is 0 Å². The van der Waals surface area contributed by atoms with Crippen molar-refractivity contribution in [3.63, 3.8) is 0 Å². The van der Waals surface area contributed by atoms with Crippen LogP contribution in [-0.4, -0.2) is 59.3 Å². The Balaban J connectivity index is 1.32. The average molecular weight is 461 g/mol. The van der Waals surface area contributed by atoms with Crippen LogP contribution in [0.1, 0.15) is 22.3 Å². The van der Waals surface area contributed by atoms with Gasteiger partial charge in [-0.1, -0.05) is 60.3 Å². The molecule has 4 rings (SSSR count). The predicted molar refractivity (Wildman–Crippen MR) is 130 cm³/mol. The number of hydrogen-bond donors (Lipinski definition) is 1. The highest BCUT2D eigenvalue weighted by Gasteiger charge is 2.23. The minimum atomic E-state index is -0.00286. The second kappa shape index (κ2) is 11.6. The van der Waals surface area contributed by atoms with E-state index in [1.54, 1.807) is 6.20 Å². The Kier molecular flexibility index (Phi) is 8.11. The van der Waals surface area contributed by atoms with Gasteiger partial charge in [0.2, 0.25) is 5.91 Å². The van der Waals surface area contributed by atoms with Crippen LogP contribution in [0.5, 0.6) is 0 Å². The zero-order valence-electron chi connectivity index (χ0n) is 18.5. The molecule has 6 nitrogen and oxygen atoms in total. The van der Waals surface area contributed by atoms with E-state index in [1.165, 1.54) is 11.8 Å². The molecule has 0 radical (unpaired) electrons. The molecule has 0 unspecified atom stereocenters. The van der Waals surface area contributed by atoms with Crippen LogP contribution in [0.3, 0.4) is 0 Å². The summed E-state index contributed by atoms with van der Waals surface area (Å²) in [5, 5.41) is 3.70. The Bertz CT molecular complexity index is 1060. The molecule has 0 saturated carbocycles. The molecule has 1 aliphatic rings. The molecule has 1 fully saturated rings. The molecule has 1 aliphatic heterocycles. The molecular weight excluding hydrogens is 432 g/mol. The third kappa shape index (κ3) is 6.66. The number of carbonyl (C=O) groups excluding carboxylic acids is 2. The maximum atomic E-state index is 13.3. The summed E-state index contributed by atoms with van der Waals surface area (Å²) < 4.78 is 0. The van der Waals surface area contributed by atoms with Gasteiger partial charge in [-0.15, -0.1) is 0 Å². The third-order valence-electron chi connectivity index (χ3n) is 5.53. The second-order valence-electron chi connectivity index (χ2n) is 7.96. The van der Waals surface area contributed by atoms with Crippen molar-refractivity contribution >= 4 is 23.6 Å². The van der Waals surface area contributed by atoms with E-state index in [2.05, 4.69) is 15.2 Å². The standard InChI is InChI=1S/C26H28N4O2S/c31-24(28-19-21-9-3-1-4-10-21)20-29-15-8-16-30(18-17-29)26(32)23-13-7-14-27-25(23)33-22-11-5-2-6-12-22/h1-7,9-14H,8,15-20H2,(H,28,31). The van der Waals surface area contributed by atoms with Crippen LogP contribution >= 0.6 is 11.8 Å². The zero-order valence-corrected chi connectivity index (χ0v) is 19.3. The van der Waals surface area contributed by atoms with Crippen molar-refractivity contribution in [3.8, 4) is 0 Å². The minimum absolute atomic E-state index is 0.00286. The van der Waals surface area contributed by atoms with E-state index in [4.69, 9.17) is 0 Å². The van der Waals surface area contributed by atoms with Crippen LogP contribution in [0.25, 0.3) is 0 Å². The lowest BCUT2D eigenvalue weighted by Gasteiger charge is -2.22. The summed E-state index contributed by atoms with van der Waals surface area (Å²) in [4.78, 5) is 35.3. The first-order valence-corrected chi connectivity index (χ1v) is 12.0. The van der Waals surface area contributed by atoms with E-state index < -0.39 is 0 Å². The Labute approximate surface area is 199 Å². The lowest BCUT2D eigenvalue weighted by Crippen LogP contribution is -2.40. The molecule has 3 aromatic rings. The first-order chi connectivity index (χ1) is 16.2. The van der Waals surface area contributed by atoms with E-state index in [9.17, 15) is 9.59 Å². The number of aromatic nitrogens is 1. The van der Waals surface area contributed by atoms with E-state index in [-0.39, 0.29) is 11.8 Å². The number of benzene rings is 2. The molecule has 1 aromatic heterocycles. The van der Waals surface area contributed by atoms with Gasteiger partial charge in [0.25, 0.3) is 5.91 Å². The van der Waals surface area contributed by atoms with Gasteiger partial charge in [0.15, 0.2) is 0 Å². The third-order valence-corrected chi connectivity index (χ3v) is 6.56. The molecule has 7 heteroatoms. The van der Waals surface area contributed by atoms with Crippen LogP contribution in [0.4, 0.5) is 0 Å². The summed E-state index contributed by atoms with van der Waals surface area (Å²) in [6.07, 6.45) is 2.55. The normalized spacial score (nSPS) is 14.5. The Hall–Kier alpha value is -3.16. The topological polar surface area (TPSA) is 65.5 Å². The predicted octanol–water partition coefficient (Wildman–Crippen LogP) is 3.70. The van der Waals surface area contributed by atoms with E-state index in [1.807, 2.05) is 77.7 Å². The first kappa shape index (κ1) is 23.0. The molecule has 2 amide bonds. The lowest BCUT2D eigenvalue weighted by molar-refractivity contribution is -0.122. The van der Waals surface area contributed by atoms with Crippen LogP contribution < -0.4 is 5.32 Å². The van der Waals surface area contributed by atoms with Crippen LogP contribution in [0.2, 0.25) is 0 Å². The van der Waals surface area contributed by atoms with Gasteiger partial charge in [0.1, 0.15) is 5.03 Å². The molecule has 170 valence electrons. The SMILES string of the molecule is O=C(CN1CCCN(C(=O)c2cccnc2Sc2ccccc2)CC1)NCc1ccccc1. The maximum Gasteiger partial charge on any atom is 0.256 e. The van der Waals surface area contributed by atoms with Crippen molar-refractivity contribution in [1.82, 2.24) is 20.1 Å². The average Bonchev–Trinajstić information content (AvgIpc) is 3.09. The molecule has 0 aliphatic carbocycles. The van der Waals surface area contributed by atoms with Crippen molar-refractivity contribution in [1.29, 1.82) is 0 Å². The molecule has 0 spiro atoms. The highest BCUT2D eigenvalue weighted by molar-refractivity contribution is 7.99. The summed E-state index contributed by atoms with van der Waals surface area (Å²) in [6, 6.07) is 23.5. The van der Waals surface area contributed by atoms with Crippen molar-refractivity contribution in [3.05, 3.63) is 90.1 Å². The summed E-state index contributed by atoms with van der Waals surface area (Å²) in [6.45, 7) is 3.60. The van der Waals surface area contributed by atoms with Gasteiger partial charge in [0.05, 0.1) is 12.1 Å². The number of pyridine rings is 1. The number of amides is 2. The van der Waals surface area contributed by atoms with Crippen LogP contribution in [0.15, 0.2) is 88.9 Å². The molecule has 1 saturated heterocycles. The van der Waals surface area contributed by atoms with E-state index in [0.717, 1.165) is 28.5 Å². The lowest BCUT2D eigenvalue weighted by atomic mass is 10.2. The summed E-state index contributed by atoms with van der Waals surface area (Å²) in [7, 11) is 0. The van der Waals surface area contributed by atoms with Crippen molar-refractivity contribution in [2.24, 2.45) is 0 Å². The Morgan fingerprint density at radius 1 is 0.879 bits per heavy atom. The van der Waals surface area contributed by atoms with Gasteiger partial charge >= 0.3 is 0 Å². The van der Waals surface area contributed by atoms with Gasteiger partial charge < -0.3 is 10.2 Å². The molecular formula is C26H28N4O2S. The van der Waals surface area contributed by atoms with Gasteiger partial charge in [-0.25, -0.2) is 4.98 Å². The van der Waals surface area contributed by atoms with Crippen molar-refractivity contribution in [2.75, 3.05) is 32.7 Å². The number of rotatable bonds is 7. The molecule has 2 aromatic carbocycles. The second-order valence-corrected chi connectivity index (χ2v) is 9.02. The Morgan fingerprint density at radius 2 is 1.64 bits per heavy atom. The molecule has 33 heavy (non-hydrogen) atoms. The summed E-state index contributed by atoms with van der Waals surface area (Å²) >= 11 is 1.50. The number of carbonyl (C=O) groups is 2. The molecule has 2 heterocycles. The van der Waals surface area contributed by atoms with Gasteiger partial charge in [-0.05, 0) is 36.2 Å². The highest BCUT2D eigenvalue weighted by atomic mass is 32.2. The van der Waals surface area contributed by atoms with Gasteiger partial charge in [-0.2, -0.15) is 0 Å². The largest absolute Gasteiger partial charge is 0.351 e.